The average molecular weight is 1310 g/mol. The van der Waals surface area contributed by atoms with Gasteiger partial charge in [0, 0.05) is 12.8 Å². The van der Waals surface area contributed by atoms with E-state index in [0.717, 1.165) is 148 Å². The predicted octanol–water partition coefficient (Wildman–Crippen LogP) is 23.9. The van der Waals surface area contributed by atoms with Crippen molar-refractivity contribution >= 4 is 17.9 Å². The fourth-order valence-electron chi connectivity index (χ4n) is 9.43. The van der Waals surface area contributed by atoms with Gasteiger partial charge in [-0.3, -0.25) is 9.59 Å². The van der Waals surface area contributed by atoms with Gasteiger partial charge in [-0.2, -0.15) is 0 Å². The smallest absolute Gasteiger partial charge is 0.361 e. The summed E-state index contributed by atoms with van der Waals surface area (Å²) in [6.45, 7) is 4.59. The molecular formula is C86H136NO8+. The van der Waals surface area contributed by atoms with Gasteiger partial charge in [-0.15, -0.1) is 0 Å². The van der Waals surface area contributed by atoms with Crippen molar-refractivity contribution in [1.29, 1.82) is 0 Å². The van der Waals surface area contributed by atoms with Crippen LogP contribution in [0.4, 0.5) is 0 Å². The van der Waals surface area contributed by atoms with E-state index in [0.29, 0.717) is 17.4 Å². The van der Waals surface area contributed by atoms with E-state index in [9.17, 15) is 19.5 Å². The number of nitrogens with zero attached hydrogens (tertiary/aromatic N) is 1. The number of carboxylic acids is 1. The Labute approximate surface area is 582 Å². The monoisotopic (exact) mass is 1310 g/mol. The highest BCUT2D eigenvalue weighted by Crippen LogP contribution is 2.16. The molecule has 532 valence electrons. The summed E-state index contributed by atoms with van der Waals surface area (Å²) in [7, 11) is 5.95. The lowest BCUT2D eigenvalue weighted by Crippen LogP contribution is -2.40. The molecule has 1 N–H and O–H groups in total. The van der Waals surface area contributed by atoms with Crippen LogP contribution in [0.1, 0.15) is 258 Å². The average Bonchev–Trinajstić information content (AvgIpc) is 3.75. The minimum Gasteiger partial charge on any atom is -0.477 e. The third-order valence-electron chi connectivity index (χ3n) is 15.0. The number of hydrogen-bond acceptors (Lipinski definition) is 7. The SMILES string of the molecule is CC/C=C\C/C=C\C/C=C\C/C=C\C/C=C\C/C=C\C/C=C\C/C=C\C/C=C\C/C=C\C/C=C\CCCCCC(=O)OC(COC(=O)CCCCCCCCCCCCCCCC/C=C\C/C=C\C/C=C\C/C=C\C/C=C\C/C=C\CC)COC(OCC[N+](C)(C)C)C(=O)O. The normalized spacial score (nSPS) is 13.9. The van der Waals surface area contributed by atoms with Gasteiger partial charge in [0.1, 0.15) is 13.2 Å². The number of carbonyl (C=O) groups excluding carboxylic acids is 2. The molecule has 0 aromatic carbocycles. The van der Waals surface area contributed by atoms with Gasteiger partial charge in [-0.1, -0.05) is 304 Å². The molecule has 0 aliphatic heterocycles. The van der Waals surface area contributed by atoms with Crippen molar-refractivity contribution in [1.82, 2.24) is 0 Å². The Morgan fingerprint density at radius 2 is 0.568 bits per heavy atom. The van der Waals surface area contributed by atoms with E-state index in [1.807, 2.05) is 21.1 Å². The molecule has 0 aliphatic rings. The van der Waals surface area contributed by atoms with Crippen molar-refractivity contribution in [2.75, 3.05) is 47.5 Å². The lowest BCUT2D eigenvalue weighted by molar-refractivity contribution is -0.870. The molecule has 95 heavy (non-hydrogen) atoms. The quantitative estimate of drug-likeness (QED) is 0.0211. The number of unbranched alkanes of at least 4 members (excludes halogenated alkanes) is 17. The number of likely N-dealkylation sites (N-methyl/N-ethyl adjacent to an activating group) is 1. The molecule has 0 rings (SSSR count). The van der Waals surface area contributed by atoms with Crippen molar-refractivity contribution in [3.8, 4) is 0 Å². The van der Waals surface area contributed by atoms with Gasteiger partial charge in [0.05, 0.1) is 34.4 Å². The van der Waals surface area contributed by atoms with E-state index in [4.69, 9.17) is 18.9 Å². The van der Waals surface area contributed by atoms with Crippen molar-refractivity contribution in [3.63, 3.8) is 0 Å². The zero-order valence-electron chi connectivity index (χ0n) is 60.7. The summed E-state index contributed by atoms with van der Waals surface area (Å²) in [5, 5.41) is 9.76. The van der Waals surface area contributed by atoms with E-state index in [-0.39, 0.29) is 38.6 Å². The number of esters is 2. The van der Waals surface area contributed by atoms with Crippen molar-refractivity contribution in [2.45, 2.75) is 270 Å². The Morgan fingerprint density at radius 1 is 0.316 bits per heavy atom. The fourth-order valence-corrected chi connectivity index (χ4v) is 9.43. The molecule has 9 heteroatoms. The van der Waals surface area contributed by atoms with Crippen LogP contribution in [0.3, 0.4) is 0 Å². The van der Waals surface area contributed by atoms with E-state index in [1.165, 1.54) is 77.0 Å². The molecule has 0 aliphatic carbocycles. The zero-order valence-corrected chi connectivity index (χ0v) is 60.7. The second-order valence-electron chi connectivity index (χ2n) is 25.1. The first-order chi connectivity index (χ1) is 46.6. The molecule has 0 amide bonds. The Hall–Kier alpha value is -6.13. The maximum absolute atomic E-state index is 13.0. The molecule has 2 atom stereocenters. The van der Waals surface area contributed by atoms with Gasteiger partial charge < -0.3 is 28.5 Å². The molecule has 0 saturated heterocycles. The summed E-state index contributed by atoms with van der Waals surface area (Å²) in [6, 6.07) is 0. The maximum atomic E-state index is 13.0. The largest absolute Gasteiger partial charge is 0.477 e. The highest BCUT2D eigenvalue weighted by Gasteiger charge is 2.25. The Bertz CT molecular complexity index is 2320. The van der Waals surface area contributed by atoms with Crippen LogP contribution in [0.2, 0.25) is 0 Å². The van der Waals surface area contributed by atoms with Gasteiger partial charge in [0.25, 0.3) is 6.29 Å². The summed E-state index contributed by atoms with van der Waals surface area (Å²) in [5.41, 5.74) is 0. The molecular weight excluding hydrogens is 1170 g/mol. The number of quaternary nitrogens is 1. The van der Waals surface area contributed by atoms with Gasteiger partial charge >= 0.3 is 17.9 Å². The number of carbonyl (C=O) groups is 3. The molecule has 0 radical (unpaired) electrons. The highest BCUT2D eigenvalue weighted by atomic mass is 16.7. The van der Waals surface area contributed by atoms with Crippen molar-refractivity contribution in [3.05, 3.63) is 207 Å². The Balaban J connectivity index is 4.23. The van der Waals surface area contributed by atoms with E-state index < -0.39 is 24.3 Å². The van der Waals surface area contributed by atoms with Crippen LogP contribution >= 0.6 is 0 Å². The van der Waals surface area contributed by atoms with Crippen LogP contribution in [0, 0.1) is 0 Å². The lowest BCUT2D eigenvalue weighted by Gasteiger charge is -2.25. The molecule has 2 unspecified atom stereocenters. The van der Waals surface area contributed by atoms with Crippen LogP contribution in [0.15, 0.2) is 207 Å². The number of rotatable bonds is 66. The third-order valence-corrected chi connectivity index (χ3v) is 15.0. The van der Waals surface area contributed by atoms with Crippen LogP contribution in [0.25, 0.3) is 0 Å². The van der Waals surface area contributed by atoms with E-state index in [1.54, 1.807) is 0 Å². The Kier molecular flexibility index (Phi) is 68.9. The molecule has 0 spiro atoms. The summed E-state index contributed by atoms with van der Waals surface area (Å²) in [5.74, 6) is -2.07. The minimum atomic E-state index is -1.53. The van der Waals surface area contributed by atoms with E-state index >= 15 is 0 Å². The standard InChI is InChI=1S/C86H135NO8/c1-6-8-10-12-14-16-18-20-22-24-26-28-30-32-34-36-38-40-41-42-43-45-47-49-51-53-55-57-59-61-63-65-67-69-71-73-75-77-84(89)95-82(81-94-86(85(90)91)92-79-78-87(3,4)5)80-93-83(88)76-74-72-70-68-66-64-62-60-58-56-54-52-50-48-46-44-39-37-35-33-31-29-27-25-23-21-19-17-15-13-11-9-7-2/h8-11,14-17,20-23,26-29,32-35,38-40,42-44,47,49,53,55,59,61,65,67,82,86H,6-7,12-13,18-19,24-25,30-31,36-37,41,45-46,48,50-52,54,56-58,60,62-64,66,68-81H2,1-5H3/p+1/b10-8-,11-9-,16-14-,17-15-,22-20-,23-21-,28-26-,29-27-,34-32-,35-33-,40-38-,43-42-,44-39-,49-47-,55-53-,61-59-,67-65-. The summed E-state index contributed by atoms with van der Waals surface area (Å²) in [6.07, 6.45) is 112. The highest BCUT2D eigenvalue weighted by molar-refractivity contribution is 5.71. The van der Waals surface area contributed by atoms with Crippen molar-refractivity contribution < 1.29 is 42.9 Å². The zero-order chi connectivity index (χ0) is 69.0. The number of hydrogen-bond donors (Lipinski definition) is 1. The summed E-state index contributed by atoms with van der Waals surface area (Å²) < 4.78 is 22.9. The summed E-state index contributed by atoms with van der Waals surface area (Å²) >= 11 is 0. The summed E-state index contributed by atoms with van der Waals surface area (Å²) in [4.78, 5) is 37.7. The number of ether oxygens (including phenoxy) is 4. The molecule has 0 heterocycles. The van der Waals surface area contributed by atoms with Crippen molar-refractivity contribution in [2.24, 2.45) is 0 Å². The maximum Gasteiger partial charge on any atom is 0.361 e. The van der Waals surface area contributed by atoms with Gasteiger partial charge in [-0.05, 0) is 148 Å². The van der Waals surface area contributed by atoms with E-state index in [2.05, 4.69) is 220 Å². The second kappa shape index (κ2) is 73.7. The van der Waals surface area contributed by atoms with Gasteiger partial charge in [0.2, 0.25) is 0 Å². The Morgan fingerprint density at radius 3 is 0.853 bits per heavy atom. The van der Waals surface area contributed by atoms with Gasteiger partial charge in [0.15, 0.2) is 6.10 Å². The molecule has 0 fully saturated rings. The lowest BCUT2D eigenvalue weighted by atomic mass is 10.0. The van der Waals surface area contributed by atoms with Crippen LogP contribution in [-0.2, 0) is 33.3 Å². The predicted molar refractivity (Wildman–Crippen MR) is 409 cm³/mol. The number of allylic oxidation sites excluding steroid dienone is 34. The molecule has 0 bridgehead atoms. The molecule has 0 saturated carbocycles. The fraction of sp³-hybridized carbons (Fsp3) is 0.570. The molecule has 9 nitrogen and oxygen atoms in total. The topological polar surface area (TPSA) is 108 Å². The van der Waals surface area contributed by atoms with Crippen LogP contribution in [0.5, 0.6) is 0 Å². The first kappa shape index (κ1) is 88.9. The number of carboxylic acid groups (broad SMARTS) is 1. The third kappa shape index (κ3) is 75.1. The first-order valence-corrected chi connectivity index (χ1v) is 37.2. The second-order valence-corrected chi connectivity index (χ2v) is 25.1. The van der Waals surface area contributed by atoms with Gasteiger partial charge in [-0.25, -0.2) is 4.79 Å². The van der Waals surface area contributed by atoms with Crippen LogP contribution < -0.4 is 0 Å². The molecule has 0 aromatic rings. The first-order valence-electron chi connectivity index (χ1n) is 37.2. The minimum absolute atomic E-state index is 0.170. The number of aliphatic carboxylic acids is 1. The molecule has 0 aromatic heterocycles. The van der Waals surface area contributed by atoms with Crippen LogP contribution in [-0.4, -0.2) is 87.4 Å².